The predicted octanol–water partition coefficient (Wildman–Crippen LogP) is 2.39. The molecule has 0 radical (unpaired) electrons. The second-order valence-electron chi connectivity index (χ2n) is 3.26. The van der Waals surface area contributed by atoms with Gasteiger partial charge < -0.3 is 10.8 Å². The lowest BCUT2D eigenvalue weighted by molar-refractivity contribution is -0.151. The van der Waals surface area contributed by atoms with E-state index in [9.17, 15) is 13.2 Å². The second-order valence-corrected chi connectivity index (χ2v) is 3.26. The van der Waals surface area contributed by atoms with Gasteiger partial charge in [-0.25, -0.2) is 0 Å². The lowest BCUT2D eigenvalue weighted by atomic mass is 9.95. The highest BCUT2D eigenvalue weighted by Crippen LogP contribution is 2.37. The van der Waals surface area contributed by atoms with E-state index in [0.717, 1.165) is 0 Å². The van der Waals surface area contributed by atoms with Crippen LogP contribution in [0.15, 0.2) is 24.3 Å². The number of phenols is 1. The van der Waals surface area contributed by atoms with Gasteiger partial charge in [0.25, 0.3) is 0 Å². The third-order valence-electron chi connectivity index (χ3n) is 2.15. The number of hydrogen-bond acceptors (Lipinski definition) is 2. The number of benzene rings is 1. The zero-order chi connectivity index (χ0) is 11.5. The average molecular weight is 219 g/mol. The van der Waals surface area contributed by atoms with E-state index in [1.165, 1.54) is 24.3 Å². The van der Waals surface area contributed by atoms with Crippen molar-refractivity contribution in [2.45, 2.75) is 18.5 Å². The number of nitrogens with two attached hydrogens (primary N) is 1. The maximum Gasteiger partial charge on any atom is 0.395 e. The minimum absolute atomic E-state index is 0.0228. The van der Waals surface area contributed by atoms with E-state index < -0.39 is 12.1 Å². The monoisotopic (exact) mass is 219 g/mol. The van der Waals surface area contributed by atoms with E-state index in [1.807, 2.05) is 0 Å². The molecule has 0 aliphatic carbocycles. The third-order valence-corrected chi connectivity index (χ3v) is 2.15. The number of rotatable bonds is 3. The van der Waals surface area contributed by atoms with Crippen molar-refractivity contribution in [3.63, 3.8) is 0 Å². The van der Waals surface area contributed by atoms with Crippen LogP contribution in [0.5, 0.6) is 5.75 Å². The fourth-order valence-electron chi connectivity index (χ4n) is 1.39. The summed E-state index contributed by atoms with van der Waals surface area (Å²) >= 11 is 0. The summed E-state index contributed by atoms with van der Waals surface area (Å²) in [7, 11) is 0. The molecule has 1 aromatic rings. The first-order valence-electron chi connectivity index (χ1n) is 4.51. The van der Waals surface area contributed by atoms with E-state index in [0.29, 0.717) is 0 Å². The van der Waals surface area contributed by atoms with Crippen molar-refractivity contribution in [1.29, 1.82) is 0 Å². The summed E-state index contributed by atoms with van der Waals surface area (Å²) in [5.41, 5.74) is 5.27. The summed E-state index contributed by atoms with van der Waals surface area (Å²) < 4.78 is 37.7. The molecule has 15 heavy (non-hydrogen) atoms. The highest BCUT2D eigenvalue weighted by molar-refractivity contribution is 5.29. The maximum atomic E-state index is 12.6. The lowest BCUT2D eigenvalue weighted by Gasteiger charge is -2.19. The van der Waals surface area contributed by atoms with Crippen LogP contribution in [0.25, 0.3) is 0 Å². The molecule has 1 aromatic carbocycles. The van der Waals surface area contributed by atoms with E-state index in [2.05, 4.69) is 0 Å². The molecule has 0 aliphatic heterocycles. The highest BCUT2D eigenvalue weighted by Gasteiger charge is 2.39. The van der Waals surface area contributed by atoms with Crippen molar-refractivity contribution in [2.24, 2.45) is 5.73 Å². The Morgan fingerprint density at radius 2 is 1.73 bits per heavy atom. The van der Waals surface area contributed by atoms with E-state index >= 15 is 0 Å². The Balaban J connectivity index is 2.94. The molecule has 0 aromatic heterocycles. The molecule has 1 atom stereocenters. The van der Waals surface area contributed by atoms with E-state index in [1.54, 1.807) is 0 Å². The average Bonchev–Trinajstić information content (AvgIpc) is 2.14. The minimum Gasteiger partial charge on any atom is -0.508 e. The molecule has 84 valence electrons. The van der Waals surface area contributed by atoms with Gasteiger partial charge in [0, 0.05) is 0 Å². The molecule has 0 amide bonds. The van der Waals surface area contributed by atoms with Gasteiger partial charge in [0.2, 0.25) is 0 Å². The van der Waals surface area contributed by atoms with Gasteiger partial charge in [-0.3, -0.25) is 0 Å². The third kappa shape index (κ3) is 3.13. The number of halogens is 3. The maximum absolute atomic E-state index is 12.6. The summed E-state index contributed by atoms with van der Waals surface area (Å²) in [4.78, 5) is 0. The van der Waals surface area contributed by atoms with Crippen LogP contribution >= 0.6 is 0 Å². The zero-order valence-corrected chi connectivity index (χ0v) is 7.96. The molecule has 0 bridgehead atoms. The summed E-state index contributed by atoms with van der Waals surface area (Å²) in [6.07, 6.45) is -4.44. The number of hydrogen-bond donors (Lipinski definition) is 2. The number of aromatic hydroxyl groups is 1. The van der Waals surface area contributed by atoms with E-state index in [-0.39, 0.29) is 24.3 Å². The van der Waals surface area contributed by atoms with Gasteiger partial charge in [-0.05, 0) is 30.7 Å². The van der Waals surface area contributed by atoms with Crippen molar-refractivity contribution in [1.82, 2.24) is 0 Å². The molecule has 0 heterocycles. The topological polar surface area (TPSA) is 46.2 Å². The Morgan fingerprint density at radius 3 is 2.13 bits per heavy atom. The smallest absolute Gasteiger partial charge is 0.395 e. The van der Waals surface area contributed by atoms with Gasteiger partial charge in [0.1, 0.15) is 5.75 Å². The van der Waals surface area contributed by atoms with Crippen LogP contribution in [0.1, 0.15) is 17.9 Å². The molecule has 0 aliphatic rings. The quantitative estimate of drug-likeness (QED) is 0.819. The molecular weight excluding hydrogens is 207 g/mol. The van der Waals surface area contributed by atoms with Gasteiger partial charge in [0.15, 0.2) is 0 Å². The molecule has 3 N–H and O–H groups in total. The van der Waals surface area contributed by atoms with Crippen molar-refractivity contribution < 1.29 is 18.3 Å². The van der Waals surface area contributed by atoms with Gasteiger partial charge >= 0.3 is 6.18 Å². The standard InChI is InChI=1S/C10H12F3NO/c11-10(12,13)9(5-6-14)7-1-3-8(15)4-2-7/h1-4,9,15H,5-6,14H2. The summed E-state index contributed by atoms with van der Waals surface area (Å²) in [5.74, 6) is -1.60. The SMILES string of the molecule is NCCC(c1ccc(O)cc1)C(F)(F)F. The van der Waals surface area contributed by atoms with Crippen LogP contribution in [-0.2, 0) is 0 Å². The van der Waals surface area contributed by atoms with Gasteiger partial charge in [0.05, 0.1) is 5.92 Å². The van der Waals surface area contributed by atoms with Crippen molar-refractivity contribution >= 4 is 0 Å². The van der Waals surface area contributed by atoms with E-state index in [4.69, 9.17) is 10.8 Å². The molecule has 0 spiro atoms. The molecule has 0 saturated carbocycles. The van der Waals surface area contributed by atoms with Gasteiger partial charge in [-0.15, -0.1) is 0 Å². The fourth-order valence-corrected chi connectivity index (χ4v) is 1.39. The zero-order valence-electron chi connectivity index (χ0n) is 7.96. The highest BCUT2D eigenvalue weighted by atomic mass is 19.4. The number of phenolic OH excluding ortho intramolecular Hbond substituents is 1. The first-order chi connectivity index (χ1) is 6.95. The Bertz CT molecular complexity index is 307. The molecular formula is C10H12F3NO. The first kappa shape index (κ1) is 11.8. The first-order valence-corrected chi connectivity index (χ1v) is 4.51. The van der Waals surface area contributed by atoms with Gasteiger partial charge in [-0.1, -0.05) is 12.1 Å². The van der Waals surface area contributed by atoms with Crippen LogP contribution < -0.4 is 5.73 Å². The Labute approximate surface area is 85.5 Å². The molecule has 0 saturated heterocycles. The second kappa shape index (κ2) is 4.53. The Morgan fingerprint density at radius 1 is 1.20 bits per heavy atom. The number of alkyl halides is 3. The molecule has 1 rings (SSSR count). The summed E-state index contributed by atoms with van der Waals surface area (Å²) in [5, 5.41) is 8.97. The van der Waals surface area contributed by atoms with Crippen molar-refractivity contribution in [3.05, 3.63) is 29.8 Å². The Hall–Kier alpha value is -1.23. The fraction of sp³-hybridized carbons (Fsp3) is 0.400. The summed E-state index contributed by atoms with van der Waals surface area (Å²) in [6, 6.07) is 5.02. The largest absolute Gasteiger partial charge is 0.508 e. The van der Waals surface area contributed by atoms with Crippen LogP contribution in [-0.4, -0.2) is 17.8 Å². The van der Waals surface area contributed by atoms with Crippen LogP contribution in [0.2, 0.25) is 0 Å². The summed E-state index contributed by atoms with van der Waals surface area (Å²) in [6.45, 7) is -0.0228. The molecule has 0 fully saturated rings. The predicted molar refractivity (Wildman–Crippen MR) is 50.6 cm³/mol. The molecule has 2 nitrogen and oxygen atoms in total. The lowest BCUT2D eigenvalue weighted by Crippen LogP contribution is -2.23. The van der Waals surface area contributed by atoms with Crippen molar-refractivity contribution in [2.75, 3.05) is 6.54 Å². The van der Waals surface area contributed by atoms with Crippen molar-refractivity contribution in [3.8, 4) is 5.75 Å². The molecule has 1 unspecified atom stereocenters. The van der Waals surface area contributed by atoms with Crippen LogP contribution in [0, 0.1) is 0 Å². The Kier molecular flexibility index (Phi) is 3.57. The normalized spacial score (nSPS) is 13.9. The van der Waals surface area contributed by atoms with Gasteiger partial charge in [-0.2, -0.15) is 13.2 Å². The van der Waals surface area contributed by atoms with Crippen LogP contribution in [0.3, 0.4) is 0 Å². The minimum atomic E-state index is -4.30. The van der Waals surface area contributed by atoms with Crippen LogP contribution in [0.4, 0.5) is 13.2 Å². The molecule has 5 heteroatoms.